The highest BCUT2D eigenvalue weighted by molar-refractivity contribution is 7.88. The molecule has 1 aliphatic heterocycles. The number of piperidine rings is 1. The summed E-state index contributed by atoms with van der Waals surface area (Å²) >= 11 is 0. The molecule has 0 aromatic rings. The van der Waals surface area contributed by atoms with E-state index in [2.05, 4.69) is 5.32 Å². The highest BCUT2D eigenvalue weighted by Gasteiger charge is 2.30. The van der Waals surface area contributed by atoms with Gasteiger partial charge >= 0.3 is 0 Å². The zero-order valence-corrected chi connectivity index (χ0v) is 13.4. The van der Waals surface area contributed by atoms with E-state index in [0.717, 1.165) is 25.7 Å². The minimum absolute atomic E-state index is 0.000856. The lowest BCUT2D eigenvalue weighted by Gasteiger charge is -2.31. The number of aliphatic hydroxyl groups excluding tert-OH is 1. The smallest absolute Gasteiger partial charge is 0.223 e. The van der Waals surface area contributed by atoms with Crippen molar-refractivity contribution in [2.75, 3.05) is 25.9 Å². The number of hydrogen-bond donors (Lipinski definition) is 2. The Morgan fingerprint density at radius 3 is 2.38 bits per heavy atom. The maximum atomic E-state index is 12.1. The summed E-state index contributed by atoms with van der Waals surface area (Å²) in [6, 6.07) is 0. The van der Waals surface area contributed by atoms with Crippen LogP contribution in [0.2, 0.25) is 0 Å². The largest absolute Gasteiger partial charge is 0.393 e. The monoisotopic (exact) mass is 318 g/mol. The van der Waals surface area contributed by atoms with Gasteiger partial charge in [0.15, 0.2) is 0 Å². The molecule has 122 valence electrons. The maximum Gasteiger partial charge on any atom is 0.223 e. The molecule has 21 heavy (non-hydrogen) atoms. The number of nitrogens with one attached hydrogen (secondary N) is 1. The van der Waals surface area contributed by atoms with Gasteiger partial charge in [-0.25, -0.2) is 12.7 Å². The van der Waals surface area contributed by atoms with Crippen LogP contribution in [0.4, 0.5) is 0 Å². The zero-order valence-electron chi connectivity index (χ0n) is 12.6. The Kier molecular flexibility index (Phi) is 5.62. The summed E-state index contributed by atoms with van der Waals surface area (Å²) in [6.07, 6.45) is 6.03. The van der Waals surface area contributed by atoms with E-state index < -0.39 is 10.0 Å². The van der Waals surface area contributed by atoms with Gasteiger partial charge in [-0.3, -0.25) is 4.79 Å². The molecule has 7 heteroatoms. The summed E-state index contributed by atoms with van der Waals surface area (Å²) < 4.78 is 24.3. The van der Waals surface area contributed by atoms with E-state index >= 15 is 0 Å². The van der Waals surface area contributed by atoms with Gasteiger partial charge in [-0.1, -0.05) is 12.8 Å². The SMILES string of the molecule is CS(=O)(=O)N1CCC(C(=O)NCC2CCCCC2O)CC1. The summed E-state index contributed by atoms with van der Waals surface area (Å²) in [6.45, 7) is 1.37. The number of carbonyl (C=O) groups excluding carboxylic acids is 1. The first-order chi connectivity index (χ1) is 9.88. The third-order valence-electron chi connectivity index (χ3n) is 4.70. The molecule has 2 aliphatic rings. The van der Waals surface area contributed by atoms with Crippen LogP contribution in [-0.2, 0) is 14.8 Å². The molecule has 2 fully saturated rings. The van der Waals surface area contributed by atoms with Crippen molar-refractivity contribution in [3.05, 3.63) is 0 Å². The molecule has 1 amide bonds. The molecule has 2 unspecified atom stereocenters. The Hall–Kier alpha value is -0.660. The Labute approximate surface area is 126 Å². The molecule has 0 aromatic carbocycles. The molecule has 6 nitrogen and oxygen atoms in total. The summed E-state index contributed by atoms with van der Waals surface area (Å²) in [7, 11) is -3.14. The third kappa shape index (κ3) is 4.66. The molecule has 2 atom stereocenters. The molecular formula is C14H26N2O4S. The van der Waals surface area contributed by atoms with Gasteiger partial charge in [0.05, 0.1) is 12.4 Å². The van der Waals surface area contributed by atoms with Crippen molar-refractivity contribution < 1.29 is 18.3 Å². The van der Waals surface area contributed by atoms with Gasteiger partial charge in [-0.2, -0.15) is 0 Å². The summed E-state index contributed by atoms with van der Waals surface area (Å²) in [5, 5.41) is 12.8. The van der Waals surface area contributed by atoms with Gasteiger partial charge in [0, 0.05) is 31.5 Å². The van der Waals surface area contributed by atoms with Crippen molar-refractivity contribution in [3.63, 3.8) is 0 Å². The third-order valence-corrected chi connectivity index (χ3v) is 6.00. The lowest BCUT2D eigenvalue weighted by molar-refractivity contribution is -0.126. The Bertz CT molecular complexity index is 458. The van der Waals surface area contributed by atoms with E-state index in [1.165, 1.54) is 10.6 Å². The Morgan fingerprint density at radius 1 is 1.19 bits per heavy atom. The lowest BCUT2D eigenvalue weighted by atomic mass is 9.86. The van der Waals surface area contributed by atoms with Crippen molar-refractivity contribution in [2.24, 2.45) is 11.8 Å². The van der Waals surface area contributed by atoms with E-state index in [1.54, 1.807) is 0 Å². The minimum Gasteiger partial charge on any atom is -0.393 e. The molecule has 1 saturated heterocycles. The van der Waals surface area contributed by atoms with Gasteiger partial charge in [0.1, 0.15) is 0 Å². The second-order valence-corrected chi connectivity index (χ2v) is 8.28. The van der Waals surface area contributed by atoms with Gasteiger partial charge in [0.2, 0.25) is 15.9 Å². The van der Waals surface area contributed by atoms with E-state index in [4.69, 9.17) is 0 Å². The maximum absolute atomic E-state index is 12.1. The molecule has 0 radical (unpaired) electrons. The van der Waals surface area contributed by atoms with Crippen molar-refractivity contribution >= 4 is 15.9 Å². The molecule has 2 N–H and O–H groups in total. The number of nitrogens with zero attached hydrogens (tertiary/aromatic N) is 1. The minimum atomic E-state index is -3.14. The second kappa shape index (κ2) is 7.07. The van der Waals surface area contributed by atoms with Crippen LogP contribution < -0.4 is 5.32 Å². The van der Waals surface area contributed by atoms with E-state index in [1.807, 2.05) is 0 Å². The van der Waals surface area contributed by atoms with Crippen LogP contribution in [0.5, 0.6) is 0 Å². The van der Waals surface area contributed by atoms with Gasteiger partial charge < -0.3 is 10.4 Å². The van der Waals surface area contributed by atoms with Crippen LogP contribution in [0.25, 0.3) is 0 Å². The standard InChI is InChI=1S/C14H26N2O4S/c1-21(19,20)16-8-6-11(7-9-16)14(18)15-10-12-4-2-3-5-13(12)17/h11-13,17H,2-10H2,1H3,(H,15,18). The fourth-order valence-corrected chi connectivity index (χ4v) is 4.13. The van der Waals surface area contributed by atoms with Crippen molar-refractivity contribution in [2.45, 2.75) is 44.6 Å². The molecule has 1 saturated carbocycles. The van der Waals surface area contributed by atoms with Gasteiger partial charge in [-0.15, -0.1) is 0 Å². The molecule has 1 aliphatic carbocycles. The predicted molar refractivity (Wildman–Crippen MR) is 80.1 cm³/mol. The summed E-state index contributed by atoms with van der Waals surface area (Å²) in [5.41, 5.74) is 0. The van der Waals surface area contributed by atoms with E-state index in [9.17, 15) is 18.3 Å². The quantitative estimate of drug-likeness (QED) is 0.782. The van der Waals surface area contributed by atoms with Gasteiger partial charge in [0.25, 0.3) is 0 Å². The number of sulfonamides is 1. The normalized spacial score (nSPS) is 29.2. The second-order valence-electron chi connectivity index (χ2n) is 6.29. The molecule has 2 rings (SSSR count). The highest BCUT2D eigenvalue weighted by Crippen LogP contribution is 2.24. The van der Waals surface area contributed by atoms with Crippen molar-refractivity contribution in [3.8, 4) is 0 Å². The Morgan fingerprint density at radius 2 is 1.81 bits per heavy atom. The van der Waals surface area contributed by atoms with Crippen LogP contribution in [0.15, 0.2) is 0 Å². The predicted octanol–water partition coefficient (Wildman–Crippen LogP) is 0.325. The summed E-state index contributed by atoms with van der Waals surface area (Å²) in [5.74, 6) is 0.0588. The number of amides is 1. The first-order valence-corrected chi connectivity index (χ1v) is 9.63. The van der Waals surface area contributed by atoms with E-state index in [0.29, 0.717) is 32.5 Å². The van der Waals surface area contributed by atoms with Crippen LogP contribution in [0.1, 0.15) is 38.5 Å². The molecule has 1 heterocycles. The Balaban J connectivity index is 1.75. The van der Waals surface area contributed by atoms with Crippen molar-refractivity contribution in [1.29, 1.82) is 0 Å². The van der Waals surface area contributed by atoms with Gasteiger partial charge in [-0.05, 0) is 25.7 Å². The number of rotatable bonds is 4. The van der Waals surface area contributed by atoms with Crippen LogP contribution in [0, 0.1) is 11.8 Å². The number of aliphatic hydroxyl groups is 1. The average molecular weight is 318 g/mol. The van der Waals surface area contributed by atoms with E-state index in [-0.39, 0.29) is 23.8 Å². The molecular weight excluding hydrogens is 292 g/mol. The van der Waals surface area contributed by atoms with Crippen molar-refractivity contribution in [1.82, 2.24) is 9.62 Å². The molecule has 0 spiro atoms. The number of hydrogen-bond acceptors (Lipinski definition) is 4. The average Bonchev–Trinajstić information content (AvgIpc) is 2.45. The summed E-state index contributed by atoms with van der Waals surface area (Å²) in [4.78, 5) is 12.1. The van der Waals surface area contributed by atoms with Crippen LogP contribution in [-0.4, -0.2) is 55.7 Å². The molecule has 0 bridgehead atoms. The first kappa shape index (κ1) is 16.7. The van der Waals surface area contributed by atoms with Crippen LogP contribution >= 0.6 is 0 Å². The fraction of sp³-hybridized carbons (Fsp3) is 0.929. The highest BCUT2D eigenvalue weighted by atomic mass is 32.2. The fourth-order valence-electron chi connectivity index (χ4n) is 3.25. The molecule has 0 aromatic heterocycles. The van der Waals surface area contributed by atoms with Crippen LogP contribution in [0.3, 0.4) is 0 Å². The first-order valence-electron chi connectivity index (χ1n) is 7.79. The number of carbonyl (C=O) groups is 1. The topological polar surface area (TPSA) is 86.7 Å². The lowest BCUT2D eigenvalue weighted by Crippen LogP contribution is -2.44. The zero-order chi connectivity index (χ0) is 15.5.